The first-order valence-electron chi connectivity index (χ1n) is 7.40. The third-order valence-corrected chi connectivity index (χ3v) is 4.38. The second-order valence-corrected chi connectivity index (χ2v) is 5.78. The van der Waals surface area contributed by atoms with Gasteiger partial charge in [0.2, 0.25) is 5.91 Å². The van der Waals surface area contributed by atoms with Crippen molar-refractivity contribution >= 4 is 22.6 Å². The monoisotopic (exact) mass is 302 g/mol. The van der Waals surface area contributed by atoms with Gasteiger partial charge in [-0.15, -0.1) is 0 Å². The molecule has 1 aromatic carbocycles. The van der Waals surface area contributed by atoms with Gasteiger partial charge in [0.15, 0.2) is 0 Å². The van der Waals surface area contributed by atoms with Gasteiger partial charge < -0.3 is 9.47 Å². The second-order valence-electron chi connectivity index (χ2n) is 5.78. The first-order chi connectivity index (χ1) is 10.5. The van der Waals surface area contributed by atoms with E-state index in [2.05, 4.69) is 11.9 Å². The summed E-state index contributed by atoms with van der Waals surface area (Å²) in [7, 11) is 0. The number of nitro benzene ring substituents is 1. The fourth-order valence-electron chi connectivity index (χ4n) is 3.06. The molecule has 1 aromatic heterocycles. The Hall–Kier alpha value is -2.44. The molecule has 1 aliphatic heterocycles. The van der Waals surface area contributed by atoms with Gasteiger partial charge in [0.05, 0.1) is 22.3 Å². The average molecular weight is 302 g/mol. The van der Waals surface area contributed by atoms with Crippen molar-refractivity contribution < 1.29 is 9.72 Å². The van der Waals surface area contributed by atoms with E-state index in [0.29, 0.717) is 5.52 Å². The molecule has 2 heterocycles. The maximum Gasteiger partial charge on any atom is 0.271 e. The molecule has 2 aromatic rings. The minimum atomic E-state index is -0.445. The van der Waals surface area contributed by atoms with Gasteiger partial charge in [-0.1, -0.05) is 0 Å². The van der Waals surface area contributed by atoms with Crippen LogP contribution in [0.5, 0.6) is 0 Å². The molecular formula is C15H18N4O3. The number of rotatable bonds is 3. The standard InChI is InChI=1S/C15H18N4O3/c1-10-4-3-7-17(10)15(20)11(2)18-9-16-13-8-12(19(21)22)5-6-14(13)18/h5-6,8-11H,3-4,7H2,1-2H3. The smallest absolute Gasteiger partial charge is 0.271 e. The van der Waals surface area contributed by atoms with E-state index in [0.717, 1.165) is 24.9 Å². The molecule has 2 atom stereocenters. The Labute approximate surface area is 127 Å². The highest BCUT2D eigenvalue weighted by molar-refractivity contribution is 5.84. The number of nitro groups is 1. The number of carbonyl (C=O) groups is 1. The lowest BCUT2D eigenvalue weighted by Gasteiger charge is -2.25. The van der Waals surface area contributed by atoms with Gasteiger partial charge in [-0.3, -0.25) is 14.9 Å². The summed E-state index contributed by atoms with van der Waals surface area (Å²) in [6, 6.07) is 4.42. The van der Waals surface area contributed by atoms with E-state index in [-0.39, 0.29) is 23.7 Å². The lowest BCUT2D eigenvalue weighted by molar-refractivity contribution is -0.384. The minimum Gasteiger partial charge on any atom is -0.338 e. The molecule has 3 rings (SSSR count). The van der Waals surface area contributed by atoms with Crippen molar-refractivity contribution in [2.24, 2.45) is 0 Å². The lowest BCUT2D eigenvalue weighted by atomic mass is 10.2. The summed E-state index contributed by atoms with van der Waals surface area (Å²) in [4.78, 5) is 29.1. The van der Waals surface area contributed by atoms with Crippen LogP contribution >= 0.6 is 0 Å². The van der Waals surface area contributed by atoms with Crippen LogP contribution in [-0.4, -0.2) is 37.9 Å². The Kier molecular flexibility index (Phi) is 3.56. The van der Waals surface area contributed by atoms with E-state index < -0.39 is 4.92 Å². The molecular weight excluding hydrogens is 284 g/mol. The van der Waals surface area contributed by atoms with Gasteiger partial charge in [0.25, 0.3) is 5.69 Å². The minimum absolute atomic E-state index is 0.00453. The highest BCUT2D eigenvalue weighted by Gasteiger charge is 2.29. The Morgan fingerprint density at radius 2 is 2.27 bits per heavy atom. The SMILES string of the molecule is CC1CCCN1C(=O)C(C)n1cnc2cc([N+](=O)[O-])ccc21. The molecule has 1 saturated heterocycles. The largest absolute Gasteiger partial charge is 0.338 e. The van der Waals surface area contributed by atoms with Crippen molar-refractivity contribution in [1.29, 1.82) is 0 Å². The third kappa shape index (κ3) is 2.32. The summed E-state index contributed by atoms with van der Waals surface area (Å²) in [6.45, 7) is 4.70. The van der Waals surface area contributed by atoms with Crippen LogP contribution in [0.1, 0.15) is 32.7 Å². The number of likely N-dealkylation sites (tertiary alicyclic amines) is 1. The number of imidazole rings is 1. The molecule has 1 amide bonds. The van der Waals surface area contributed by atoms with E-state index >= 15 is 0 Å². The number of fused-ring (bicyclic) bond motifs is 1. The van der Waals surface area contributed by atoms with Gasteiger partial charge in [-0.05, 0) is 32.8 Å². The van der Waals surface area contributed by atoms with Crippen LogP contribution in [0.4, 0.5) is 5.69 Å². The van der Waals surface area contributed by atoms with Crippen LogP contribution in [0.25, 0.3) is 11.0 Å². The Bertz CT molecular complexity index is 739. The average Bonchev–Trinajstić information content (AvgIpc) is 3.11. The zero-order chi connectivity index (χ0) is 15.9. The third-order valence-electron chi connectivity index (χ3n) is 4.38. The number of carbonyl (C=O) groups excluding carboxylic acids is 1. The molecule has 0 aliphatic carbocycles. The summed E-state index contributed by atoms with van der Waals surface area (Å²) in [5.41, 5.74) is 1.27. The molecule has 116 valence electrons. The number of amides is 1. The molecule has 7 heteroatoms. The molecule has 7 nitrogen and oxygen atoms in total. The molecule has 0 spiro atoms. The van der Waals surface area contributed by atoms with E-state index in [1.807, 2.05) is 11.8 Å². The highest BCUT2D eigenvalue weighted by atomic mass is 16.6. The Balaban J connectivity index is 1.92. The topological polar surface area (TPSA) is 81.3 Å². The number of benzene rings is 1. The first-order valence-corrected chi connectivity index (χ1v) is 7.40. The van der Waals surface area contributed by atoms with Crippen LogP contribution < -0.4 is 0 Å². The molecule has 2 unspecified atom stereocenters. The fraction of sp³-hybridized carbons (Fsp3) is 0.467. The quantitative estimate of drug-likeness (QED) is 0.644. The van der Waals surface area contributed by atoms with Gasteiger partial charge >= 0.3 is 0 Å². The molecule has 0 N–H and O–H groups in total. The second kappa shape index (κ2) is 5.40. The predicted molar refractivity (Wildman–Crippen MR) is 81.5 cm³/mol. The normalized spacial score (nSPS) is 19.5. The van der Waals surface area contributed by atoms with Crippen LogP contribution in [-0.2, 0) is 4.79 Å². The Morgan fingerprint density at radius 1 is 1.50 bits per heavy atom. The number of hydrogen-bond donors (Lipinski definition) is 0. The van der Waals surface area contributed by atoms with Crippen LogP contribution in [0.15, 0.2) is 24.5 Å². The van der Waals surface area contributed by atoms with Crippen molar-refractivity contribution in [3.8, 4) is 0 Å². The summed E-state index contributed by atoms with van der Waals surface area (Å²) in [5.74, 6) is 0.0719. The summed E-state index contributed by atoms with van der Waals surface area (Å²) in [6.07, 6.45) is 3.66. The highest BCUT2D eigenvalue weighted by Crippen LogP contribution is 2.25. The number of aromatic nitrogens is 2. The Morgan fingerprint density at radius 3 is 2.91 bits per heavy atom. The number of nitrogens with zero attached hydrogens (tertiary/aromatic N) is 4. The maximum atomic E-state index is 12.6. The predicted octanol–water partition coefficient (Wildman–Crippen LogP) is 2.52. The van der Waals surface area contributed by atoms with Gasteiger partial charge in [0, 0.05) is 24.7 Å². The van der Waals surface area contributed by atoms with E-state index in [9.17, 15) is 14.9 Å². The molecule has 0 saturated carbocycles. The van der Waals surface area contributed by atoms with E-state index in [1.54, 1.807) is 17.0 Å². The van der Waals surface area contributed by atoms with Crippen LogP contribution in [0, 0.1) is 10.1 Å². The molecule has 0 bridgehead atoms. The fourth-order valence-corrected chi connectivity index (χ4v) is 3.06. The number of non-ortho nitro benzene ring substituents is 1. The first kappa shape index (κ1) is 14.5. The molecule has 1 aliphatic rings. The van der Waals surface area contributed by atoms with E-state index in [1.165, 1.54) is 12.1 Å². The van der Waals surface area contributed by atoms with Crippen molar-refractivity contribution in [3.63, 3.8) is 0 Å². The van der Waals surface area contributed by atoms with Crippen molar-refractivity contribution in [2.75, 3.05) is 6.54 Å². The molecule has 22 heavy (non-hydrogen) atoms. The molecule has 1 fully saturated rings. The van der Waals surface area contributed by atoms with Gasteiger partial charge in [-0.25, -0.2) is 4.98 Å². The summed E-state index contributed by atoms with van der Waals surface area (Å²) < 4.78 is 1.78. The van der Waals surface area contributed by atoms with Crippen LogP contribution in [0.2, 0.25) is 0 Å². The summed E-state index contributed by atoms with van der Waals surface area (Å²) >= 11 is 0. The van der Waals surface area contributed by atoms with Crippen molar-refractivity contribution in [3.05, 3.63) is 34.6 Å². The number of hydrogen-bond acceptors (Lipinski definition) is 4. The van der Waals surface area contributed by atoms with Gasteiger partial charge in [-0.2, -0.15) is 0 Å². The lowest BCUT2D eigenvalue weighted by Crippen LogP contribution is -2.38. The van der Waals surface area contributed by atoms with Gasteiger partial charge in [0.1, 0.15) is 6.04 Å². The maximum absolute atomic E-state index is 12.6. The zero-order valence-electron chi connectivity index (χ0n) is 12.6. The van der Waals surface area contributed by atoms with Crippen molar-refractivity contribution in [2.45, 2.75) is 38.8 Å². The molecule has 0 radical (unpaired) electrons. The van der Waals surface area contributed by atoms with Crippen LogP contribution in [0.3, 0.4) is 0 Å². The summed E-state index contributed by atoms with van der Waals surface area (Å²) in [5, 5.41) is 10.8. The van der Waals surface area contributed by atoms with Crippen molar-refractivity contribution in [1.82, 2.24) is 14.5 Å². The van der Waals surface area contributed by atoms with E-state index in [4.69, 9.17) is 0 Å². The zero-order valence-corrected chi connectivity index (χ0v) is 12.6.